The van der Waals surface area contributed by atoms with Crippen LogP contribution in [-0.2, 0) is 0 Å². The molecule has 0 aliphatic heterocycles. The van der Waals surface area contributed by atoms with Crippen LogP contribution < -0.4 is 4.74 Å². The van der Waals surface area contributed by atoms with Gasteiger partial charge in [-0.1, -0.05) is 49.8 Å². The largest absolute Gasteiger partial charge is 0.491 e. The normalized spacial score (nSPS) is 19.9. The fraction of sp³-hybridized carbons (Fsp3) is 0.647. The summed E-state index contributed by atoms with van der Waals surface area (Å²) in [6.45, 7) is 4.34. The molecule has 2 rings (SSSR count). The number of hydrogen-bond acceptors (Lipinski definition) is 2. The lowest BCUT2D eigenvalue weighted by molar-refractivity contribution is -0.0128. The van der Waals surface area contributed by atoms with Gasteiger partial charge < -0.3 is 9.84 Å². The van der Waals surface area contributed by atoms with Crippen molar-refractivity contribution in [1.82, 2.24) is 0 Å². The minimum absolute atomic E-state index is 0.382. The van der Waals surface area contributed by atoms with Crippen LogP contribution in [0.2, 0.25) is 0 Å². The SMILES string of the molecule is Cc1ccc(OCC(C)(O)CC2CCCCC2)cc1. The Balaban J connectivity index is 1.81. The maximum atomic E-state index is 10.5. The van der Waals surface area contributed by atoms with Crippen molar-refractivity contribution in [1.29, 1.82) is 0 Å². The molecule has 1 aliphatic carbocycles. The average molecular weight is 262 g/mol. The first-order chi connectivity index (χ1) is 9.05. The second-order valence-electron chi connectivity index (χ2n) is 6.31. The third-order valence-corrected chi connectivity index (χ3v) is 4.02. The van der Waals surface area contributed by atoms with E-state index in [1.165, 1.54) is 37.7 Å². The number of aliphatic hydroxyl groups is 1. The number of ether oxygens (including phenoxy) is 1. The van der Waals surface area contributed by atoms with Crippen LogP contribution in [0.3, 0.4) is 0 Å². The van der Waals surface area contributed by atoms with E-state index in [2.05, 4.69) is 6.92 Å². The summed E-state index contributed by atoms with van der Waals surface area (Å²) in [5, 5.41) is 10.5. The molecule has 0 heterocycles. The van der Waals surface area contributed by atoms with E-state index < -0.39 is 5.60 Å². The summed E-state index contributed by atoms with van der Waals surface area (Å²) in [6, 6.07) is 7.99. The monoisotopic (exact) mass is 262 g/mol. The van der Waals surface area contributed by atoms with Crippen molar-refractivity contribution < 1.29 is 9.84 Å². The first kappa shape index (κ1) is 14.4. The zero-order valence-electron chi connectivity index (χ0n) is 12.2. The fourth-order valence-electron chi connectivity index (χ4n) is 2.95. The summed E-state index contributed by atoms with van der Waals surface area (Å²) < 4.78 is 5.72. The molecule has 0 saturated heterocycles. The van der Waals surface area contributed by atoms with Gasteiger partial charge in [-0.3, -0.25) is 0 Å². The first-order valence-corrected chi connectivity index (χ1v) is 7.47. The van der Waals surface area contributed by atoms with Gasteiger partial charge in [-0.2, -0.15) is 0 Å². The average Bonchev–Trinajstić information content (AvgIpc) is 2.39. The van der Waals surface area contributed by atoms with Crippen LogP contribution in [0.5, 0.6) is 5.75 Å². The van der Waals surface area contributed by atoms with Crippen LogP contribution in [0.1, 0.15) is 51.0 Å². The molecule has 106 valence electrons. The van der Waals surface area contributed by atoms with E-state index in [1.54, 1.807) is 0 Å². The van der Waals surface area contributed by atoms with Crippen LogP contribution in [0.4, 0.5) is 0 Å². The standard InChI is InChI=1S/C17H26O2/c1-14-8-10-16(11-9-14)19-13-17(2,18)12-15-6-4-3-5-7-15/h8-11,15,18H,3-7,12-13H2,1-2H3. The second kappa shape index (κ2) is 6.42. The Kier molecular flexibility index (Phi) is 4.87. The Labute approximate surface area is 116 Å². The zero-order chi connectivity index (χ0) is 13.7. The van der Waals surface area contributed by atoms with Crippen LogP contribution in [0, 0.1) is 12.8 Å². The van der Waals surface area contributed by atoms with E-state index in [9.17, 15) is 5.11 Å². The zero-order valence-corrected chi connectivity index (χ0v) is 12.2. The van der Waals surface area contributed by atoms with Crippen molar-refractivity contribution in [3.05, 3.63) is 29.8 Å². The highest BCUT2D eigenvalue weighted by atomic mass is 16.5. The lowest BCUT2D eigenvalue weighted by atomic mass is 9.82. The van der Waals surface area contributed by atoms with Gasteiger partial charge in [0.1, 0.15) is 12.4 Å². The van der Waals surface area contributed by atoms with Crippen molar-refractivity contribution in [2.75, 3.05) is 6.61 Å². The van der Waals surface area contributed by atoms with Gasteiger partial charge in [0, 0.05) is 0 Å². The molecule has 1 N–H and O–H groups in total. The van der Waals surface area contributed by atoms with Crippen molar-refractivity contribution in [2.24, 2.45) is 5.92 Å². The Hall–Kier alpha value is -1.02. The van der Waals surface area contributed by atoms with Crippen LogP contribution in [-0.4, -0.2) is 17.3 Å². The molecule has 2 heteroatoms. The molecular weight excluding hydrogens is 236 g/mol. The van der Waals surface area contributed by atoms with E-state index in [4.69, 9.17) is 4.74 Å². The minimum atomic E-state index is -0.715. The van der Waals surface area contributed by atoms with Crippen molar-refractivity contribution in [3.8, 4) is 5.75 Å². The van der Waals surface area contributed by atoms with Gasteiger partial charge >= 0.3 is 0 Å². The molecular formula is C17H26O2. The van der Waals surface area contributed by atoms with E-state index in [0.717, 1.165) is 12.2 Å². The maximum Gasteiger partial charge on any atom is 0.119 e. The van der Waals surface area contributed by atoms with Crippen LogP contribution >= 0.6 is 0 Å². The Morgan fingerprint density at radius 2 is 1.79 bits per heavy atom. The molecule has 0 amide bonds. The third-order valence-electron chi connectivity index (χ3n) is 4.02. The van der Waals surface area contributed by atoms with Gasteiger partial charge in [-0.05, 0) is 38.3 Å². The van der Waals surface area contributed by atoms with Crippen molar-refractivity contribution in [2.45, 2.75) is 58.0 Å². The minimum Gasteiger partial charge on any atom is -0.491 e. The maximum absolute atomic E-state index is 10.5. The van der Waals surface area contributed by atoms with Gasteiger partial charge in [-0.25, -0.2) is 0 Å². The molecule has 1 aromatic rings. The molecule has 1 unspecified atom stereocenters. The molecule has 1 saturated carbocycles. The summed E-state index contributed by atoms with van der Waals surface area (Å²) >= 11 is 0. The highest BCUT2D eigenvalue weighted by Crippen LogP contribution is 2.30. The number of hydrogen-bond donors (Lipinski definition) is 1. The Bertz CT molecular complexity index is 375. The summed E-state index contributed by atoms with van der Waals surface area (Å²) in [4.78, 5) is 0. The summed E-state index contributed by atoms with van der Waals surface area (Å²) in [5.74, 6) is 1.51. The molecule has 0 aromatic heterocycles. The van der Waals surface area contributed by atoms with Gasteiger partial charge in [0.15, 0.2) is 0 Å². The van der Waals surface area contributed by atoms with Crippen LogP contribution in [0.15, 0.2) is 24.3 Å². The van der Waals surface area contributed by atoms with E-state index in [0.29, 0.717) is 12.5 Å². The van der Waals surface area contributed by atoms with E-state index in [-0.39, 0.29) is 0 Å². The second-order valence-corrected chi connectivity index (χ2v) is 6.31. The molecule has 2 nitrogen and oxygen atoms in total. The summed E-state index contributed by atoms with van der Waals surface area (Å²) in [7, 11) is 0. The number of aryl methyl sites for hydroxylation is 1. The molecule has 1 aliphatic rings. The predicted octanol–water partition coefficient (Wildman–Crippen LogP) is 4.10. The molecule has 1 fully saturated rings. The lowest BCUT2D eigenvalue weighted by Gasteiger charge is -2.30. The highest BCUT2D eigenvalue weighted by Gasteiger charge is 2.27. The smallest absolute Gasteiger partial charge is 0.119 e. The van der Waals surface area contributed by atoms with Gasteiger partial charge in [0.25, 0.3) is 0 Å². The van der Waals surface area contributed by atoms with Gasteiger partial charge in [-0.15, -0.1) is 0 Å². The van der Waals surface area contributed by atoms with E-state index in [1.807, 2.05) is 31.2 Å². The Morgan fingerprint density at radius 1 is 1.16 bits per heavy atom. The van der Waals surface area contributed by atoms with Gasteiger partial charge in [0.05, 0.1) is 5.60 Å². The third kappa shape index (κ3) is 4.87. The fourth-order valence-corrected chi connectivity index (χ4v) is 2.95. The number of rotatable bonds is 5. The van der Waals surface area contributed by atoms with E-state index >= 15 is 0 Å². The predicted molar refractivity (Wildman–Crippen MR) is 78.5 cm³/mol. The molecule has 0 bridgehead atoms. The molecule has 0 radical (unpaired) electrons. The lowest BCUT2D eigenvalue weighted by Crippen LogP contribution is -2.35. The summed E-state index contributed by atoms with van der Waals surface area (Å²) in [6.07, 6.45) is 7.39. The molecule has 1 atom stereocenters. The highest BCUT2D eigenvalue weighted by molar-refractivity contribution is 5.26. The topological polar surface area (TPSA) is 29.5 Å². The van der Waals surface area contributed by atoms with Crippen LogP contribution in [0.25, 0.3) is 0 Å². The molecule has 0 spiro atoms. The Morgan fingerprint density at radius 3 is 2.42 bits per heavy atom. The van der Waals surface area contributed by atoms with Crippen molar-refractivity contribution in [3.63, 3.8) is 0 Å². The van der Waals surface area contributed by atoms with Gasteiger partial charge in [0.2, 0.25) is 0 Å². The molecule has 19 heavy (non-hydrogen) atoms. The molecule has 1 aromatic carbocycles. The summed E-state index contributed by atoms with van der Waals surface area (Å²) in [5.41, 5.74) is 0.508. The number of benzene rings is 1. The quantitative estimate of drug-likeness (QED) is 0.866. The first-order valence-electron chi connectivity index (χ1n) is 7.47. The van der Waals surface area contributed by atoms with Crippen molar-refractivity contribution >= 4 is 0 Å².